The van der Waals surface area contributed by atoms with E-state index in [2.05, 4.69) is 11.1 Å². The fourth-order valence-corrected chi connectivity index (χ4v) is 4.16. The molecule has 0 spiro atoms. The third kappa shape index (κ3) is 2.84. The van der Waals surface area contributed by atoms with Gasteiger partial charge in [0.25, 0.3) is 11.8 Å². The Morgan fingerprint density at radius 1 is 0.828 bits per heavy atom. The first-order chi connectivity index (χ1) is 14.0. The third-order valence-corrected chi connectivity index (χ3v) is 5.62. The van der Waals surface area contributed by atoms with Crippen LogP contribution in [-0.2, 0) is 0 Å². The lowest BCUT2D eigenvalue weighted by molar-refractivity contribution is 0.0608. The highest BCUT2D eigenvalue weighted by molar-refractivity contribution is 6.30. The van der Waals surface area contributed by atoms with Crippen LogP contribution in [0.4, 0.5) is 0 Å². The summed E-state index contributed by atoms with van der Waals surface area (Å²) in [6.07, 6.45) is 0. The van der Waals surface area contributed by atoms with E-state index in [1.54, 1.807) is 36.4 Å². The van der Waals surface area contributed by atoms with E-state index >= 15 is 0 Å². The number of carbonyl (C=O) groups is 2. The number of amides is 2. The summed E-state index contributed by atoms with van der Waals surface area (Å²) in [5, 5.41) is 1.69. The molecule has 0 fully saturated rings. The molecule has 142 valence electrons. The van der Waals surface area contributed by atoms with Crippen LogP contribution in [0.2, 0.25) is 5.02 Å². The molecule has 2 heterocycles. The maximum absolute atomic E-state index is 13.2. The van der Waals surface area contributed by atoms with Gasteiger partial charge in [0, 0.05) is 16.2 Å². The summed E-state index contributed by atoms with van der Waals surface area (Å²) in [6.45, 7) is 2.00. The SMILES string of the molecule is Cc1cc2ccc(C(c3ccc(Cl)cc3)N3C(=O)c4ccccc4C3=O)cc2[nH]1. The molecule has 1 unspecified atom stereocenters. The van der Waals surface area contributed by atoms with E-state index in [-0.39, 0.29) is 11.8 Å². The second-order valence-electron chi connectivity index (χ2n) is 7.28. The number of fused-ring (bicyclic) bond motifs is 2. The Hall–Kier alpha value is -3.37. The zero-order valence-corrected chi connectivity index (χ0v) is 16.4. The highest BCUT2D eigenvalue weighted by Gasteiger charge is 2.41. The number of aromatic nitrogens is 1. The number of nitrogens with zero attached hydrogens (tertiary/aromatic N) is 1. The highest BCUT2D eigenvalue weighted by atomic mass is 35.5. The normalized spacial score (nSPS) is 14.5. The van der Waals surface area contributed by atoms with Gasteiger partial charge in [0.05, 0.1) is 17.2 Å². The topological polar surface area (TPSA) is 53.2 Å². The first kappa shape index (κ1) is 17.7. The molecule has 0 radical (unpaired) electrons. The van der Waals surface area contributed by atoms with Gasteiger partial charge in [0.1, 0.15) is 0 Å². The maximum atomic E-state index is 13.2. The monoisotopic (exact) mass is 400 g/mol. The average Bonchev–Trinajstić information content (AvgIpc) is 3.21. The zero-order valence-electron chi connectivity index (χ0n) is 15.6. The Labute approximate surface area is 172 Å². The van der Waals surface area contributed by atoms with E-state index in [0.29, 0.717) is 16.1 Å². The average molecular weight is 401 g/mol. The molecule has 1 aromatic heterocycles. The van der Waals surface area contributed by atoms with Crippen molar-refractivity contribution >= 4 is 34.3 Å². The van der Waals surface area contributed by atoms with E-state index in [4.69, 9.17) is 11.6 Å². The fraction of sp³-hybridized carbons (Fsp3) is 0.0833. The Bertz CT molecular complexity index is 1240. The van der Waals surface area contributed by atoms with Crippen molar-refractivity contribution in [3.05, 3.63) is 106 Å². The zero-order chi connectivity index (χ0) is 20.1. The molecule has 0 bridgehead atoms. The lowest BCUT2D eigenvalue weighted by Crippen LogP contribution is -2.34. The van der Waals surface area contributed by atoms with E-state index in [1.807, 2.05) is 37.3 Å². The van der Waals surface area contributed by atoms with Gasteiger partial charge >= 0.3 is 0 Å². The predicted octanol–water partition coefficient (Wildman–Crippen LogP) is 5.52. The van der Waals surface area contributed by atoms with Crippen molar-refractivity contribution in [2.45, 2.75) is 13.0 Å². The van der Waals surface area contributed by atoms with Gasteiger partial charge in [-0.15, -0.1) is 0 Å². The van der Waals surface area contributed by atoms with Crippen LogP contribution in [0.25, 0.3) is 10.9 Å². The summed E-state index contributed by atoms with van der Waals surface area (Å²) in [7, 11) is 0. The van der Waals surface area contributed by atoms with Crippen LogP contribution < -0.4 is 0 Å². The molecule has 29 heavy (non-hydrogen) atoms. The number of imide groups is 1. The van der Waals surface area contributed by atoms with Crippen LogP contribution in [0.3, 0.4) is 0 Å². The minimum Gasteiger partial charge on any atom is -0.359 e. The van der Waals surface area contributed by atoms with E-state index in [0.717, 1.165) is 27.7 Å². The standard InChI is InChI=1S/C24H17ClN2O2/c1-14-12-16-6-7-17(13-21(16)26-14)22(15-8-10-18(25)11-9-15)27-23(28)19-4-2-3-5-20(19)24(27)29/h2-13,22,26H,1H3. The number of carbonyl (C=O) groups excluding carboxylic acids is 2. The van der Waals surface area contributed by atoms with Gasteiger partial charge < -0.3 is 4.98 Å². The largest absolute Gasteiger partial charge is 0.359 e. The highest BCUT2D eigenvalue weighted by Crippen LogP contribution is 2.37. The number of aromatic amines is 1. The Morgan fingerprint density at radius 2 is 1.45 bits per heavy atom. The van der Waals surface area contributed by atoms with Gasteiger partial charge in [-0.2, -0.15) is 0 Å². The van der Waals surface area contributed by atoms with Gasteiger partial charge in [-0.1, -0.05) is 48.0 Å². The molecule has 1 aliphatic heterocycles. The van der Waals surface area contributed by atoms with Crippen LogP contribution >= 0.6 is 11.6 Å². The Kier molecular flexibility index (Phi) is 4.03. The van der Waals surface area contributed by atoms with E-state index in [1.165, 1.54) is 4.90 Å². The van der Waals surface area contributed by atoms with Gasteiger partial charge in [-0.3, -0.25) is 14.5 Å². The number of rotatable bonds is 3. The molecule has 1 aliphatic rings. The summed E-state index contributed by atoms with van der Waals surface area (Å²) in [5.74, 6) is -0.568. The second kappa shape index (κ2) is 6.61. The smallest absolute Gasteiger partial charge is 0.262 e. The maximum Gasteiger partial charge on any atom is 0.262 e. The molecule has 5 heteroatoms. The van der Waals surface area contributed by atoms with Crippen LogP contribution in [-0.4, -0.2) is 21.7 Å². The molecule has 1 N–H and O–H groups in total. The lowest BCUT2D eigenvalue weighted by Gasteiger charge is -2.27. The molecule has 0 saturated heterocycles. The second-order valence-corrected chi connectivity index (χ2v) is 7.72. The van der Waals surface area contributed by atoms with Crippen LogP contribution in [0.1, 0.15) is 43.6 Å². The molecule has 0 saturated carbocycles. The Balaban J connectivity index is 1.69. The van der Waals surface area contributed by atoms with Gasteiger partial charge in [-0.25, -0.2) is 0 Å². The van der Waals surface area contributed by atoms with Crippen molar-refractivity contribution in [2.75, 3.05) is 0 Å². The van der Waals surface area contributed by atoms with Crippen molar-refractivity contribution in [1.29, 1.82) is 0 Å². The van der Waals surface area contributed by atoms with Crippen molar-refractivity contribution in [3.63, 3.8) is 0 Å². The molecule has 4 aromatic rings. The van der Waals surface area contributed by atoms with Crippen molar-refractivity contribution in [2.24, 2.45) is 0 Å². The lowest BCUT2D eigenvalue weighted by atomic mass is 9.96. The molecule has 0 aliphatic carbocycles. The molecule has 1 atom stereocenters. The first-order valence-electron chi connectivity index (χ1n) is 9.34. The minimum absolute atomic E-state index is 0.284. The van der Waals surface area contributed by atoms with Crippen LogP contribution in [0.5, 0.6) is 0 Å². The third-order valence-electron chi connectivity index (χ3n) is 5.37. The van der Waals surface area contributed by atoms with Crippen LogP contribution in [0.15, 0.2) is 72.8 Å². The molecule has 4 nitrogen and oxygen atoms in total. The van der Waals surface area contributed by atoms with Gasteiger partial charge in [-0.05, 0) is 59.8 Å². The molecular formula is C24H17ClN2O2. The van der Waals surface area contributed by atoms with E-state index < -0.39 is 6.04 Å². The van der Waals surface area contributed by atoms with E-state index in [9.17, 15) is 9.59 Å². The minimum atomic E-state index is -0.548. The number of benzene rings is 3. The Morgan fingerprint density at radius 3 is 2.10 bits per heavy atom. The number of H-pyrrole nitrogens is 1. The summed E-state index contributed by atoms with van der Waals surface area (Å²) in [4.78, 5) is 31.1. The van der Waals surface area contributed by atoms with Crippen molar-refractivity contribution < 1.29 is 9.59 Å². The predicted molar refractivity (Wildman–Crippen MR) is 113 cm³/mol. The van der Waals surface area contributed by atoms with Gasteiger partial charge in [0.15, 0.2) is 0 Å². The molecular weight excluding hydrogens is 384 g/mol. The number of hydrogen-bond donors (Lipinski definition) is 1. The fourth-order valence-electron chi connectivity index (χ4n) is 4.04. The number of hydrogen-bond acceptors (Lipinski definition) is 2. The van der Waals surface area contributed by atoms with Crippen LogP contribution in [0, 0.1) is 6.92 Å². The first-order valence-corrected chi connectivity index (χ1v) is 9.72. The molecule has 2 amide bonds. The van der Waals surface area contributed by atoms with Crippen molar-refractivity contribution in [3.8, 4) is 0 Å². The number of nitrogens with one attached hydrogen (secondary N) is 1. The van der Waals surface area contributed by atoms with Gasteiger partial charge in [0.2, 0.25) is 0 Å². The summed E-state index contributed by atoms with van der Waals surface area (Å²) < 4.78 is 0. The molecule has 3 aromatic carbocycles. The quantitative estimate of drug-likeness (QED) is 0.460. The summed E-state index contributed by atoms with van der Waals surface area (Å²) >= 11 is 6.08. The van der Waals surface area contributed by atoms with Crippen molar-refractivity contribution in [1.82, 2.24) is 9.88 Å². The summed E-state index contributed by atoms with van der Waals surface area (Å²) in [6, 6.07) is 21.7. The number of aryl methyl sites for hydroxylation is 1. The number of halogens is 1. The molecule has 5 rings (SSSR count). The summed E-state index contributed by atoms with van der Waals surface area (Å²) in [5.41, 5.74) is 4.58.